The number of carbonyl (C=O) groups is 2. The monoisotopic (exact) mass is 706 g/mol. The van der Waals surface area contributed by atoms with Crippen molar-refractivity contribution in [2.75, 3.05) is 33.4 Å². The molecule has 0 amide bonds. The van der Waals surface area contributed by atoms with Crippen LogP contribution in [0.3, 0.4) is 0 Å². The Hall–Kier alpha value is -1.10. The third-order valence-electron chi connectivity index (χ3n) is 11.6. The SMILES string of the molecule is CCCCC1CCCCCCC(CCCC)CCOC(=O)CCCCCCCCCC(CN(C)CC)CCCCCCCCCC(=O)OCC1. The predicted molar refractivity (Wildman–Crippen MR) is 215 cm³/mol. The summed E-state index contributed by atoms with van der Waals surface area (Å²) in [5.74, 6) is 2.23. The molecule has 2 atom stereocenters. The van der Waals surface area contributed by atoms with Crippen molar-refractivity contribution in [3.05, 3.63) is 0 Å². The Morgan fingerprint density at radius 1 is 0.480 bits per heavy atom. The van der Waals surface area contributed by atoms with Crippen molar-refractivity contribution in [1.29, 1.82) is 0 Å². The zero-order valence-corrected chi connectivity index (χ0v) is 34.3. The lowest BCUT2D eigenvalue weighted by atomic mass is 9.90. The molecule has 2 unspecified atom stereocenters. The van der Waals surface area contributed by atoms with E-state index in [1.165, 1.54) is 161 Å². The molecule has 1 heterocycles. The summed E-state index contributed by atoms with van der Waals surface area (Å²) >= 11 is 0. The molecule has 5 heteroatoms. The van der Waals surface area contributed by atoms with E-state index in [1.807, 2.05) is 0 Å². The third-order valence-corrected chi connectivity index (χ3v) is 11.6. The molecule has 0 aromatic heterocycles. The summed E-state index contributed by atoms with van der Waals surface area (Å²) in [4.78, 5) is 27.3. The van der Waals surface area contributed by atoms with Crippen molar-refractivity contribution in [1.82, 2.24) is 4.90 Å². The van der Waals surface area contributed by atoms with Gasteiger partial charge in [-0.15, -0.1) is 0 Å². The molecule has 1 rings (SSSR count). The van der Waals surface area contributed by atoms with Gasteiger partial charge in [0.2, 0.25) is 0 Å². The standard InChI is InChI=1S/C45H87NO4/c1-5-8-28-41-30-22-20-21-23-31-42(29-9-6-2)37-39-50-45(48)35-27-19-15-11-13-17-25-33-43(40-46(4)7-3)32-24-16-12-10-14-18-26-34-44(47)49-38-36-41/h41-43H,5-40H2,1-4H3. The van der Waals surface area contributed by atoms with Crippen molar-refractivity contribution < 1.29 is 19.1 Å². The van der Waals surface area contributed by atoms with Crippen LogP contribution in [0.5, 0.6) is 0 Å². The molecule has 0 aromatic carbocycles. The van der Waals surface area contributed by atoms with Crippen LogP contribution < -0.4 is 0 Å². The van der Waals surface area contributed by atoms with Crippen LogP contribution in [0.2, 0.25) is 0 Å². The Bertz CT molecular complexity index is 701. The summed E-state index contributed by atoms with van der Waals surface area (Å²) in [5, 5.41) is 0. The number of nitrogens with zero attached hydrogens (tertiary/aromatic N) is 1. The number of carbonyl (C=O) groups excluding carboxylic acids is 2. The van der Waals surface area contributed by atoms with Crippen LogP contribution in [0.1, 0.15) is 226 Å². The summed E-state index contributed by atoms with van der Waals surface area (Å²) in [6, 6.07) is 0. The van der Waals surface area contributed by atoms with E-state index in [0.717, 1.165) is 51.0 Å². The molecule has 1 aliphatic rings. The van der Waals surface area contributed by atoms with E-state index in [0.29, 0.717) is 37.9 Å². The van der Waals surface area contributed by atoms with Gasteiger partial charge < -0.3 is 14.4 Å². The highest BCUT2D eigenvalue weighted by molar-refractivity contribution is 5.69. The van der Waals surface area contributed by atoms with Gasteiger partial charge in [-0.3, -0.25) is 9.59 Å². The summed E-state index contributed by atoms with van der Waals surface area (Å²) in [7, 11) is 2.27. The molecule has 1 fully saturated rings. The van der Waals surface area contributed by atoms with Gasteiger partial charge in [-0.05, 0) is 69.9 Å². The van der Waals surface area contributed by atoms with Gasteiger partial charge in [0, 0.05) is 19.4 Å². The summed E-state index contributed by atoms with van der Waals surface area (Å²) in [6.07, 6.45) is 38.7. The lowest BCUT2D eigenvalue weighted by Crippen LogP contribution is -2.25. The van der Waals surface area contributed by atoms with Crippen molar-refractivity contribution >= 4 is 11.9 Å². The number of esters is 2. The fourth-order valence-corrected chi connectivity index (χ4v) is 7.96. The quantitative estimate of drug-likeness (QED) is 0.224. The maximum Gasteiger partial charge on any atom is 0.305 e. The zero-order valence-electron chi connectivity index (χ0n) is 34.3. The lowest BCUT2D eigenvalue weighted by Gasteiger charge is -2.23. The number of unbranched alkanes of at least 4 members (excludes halogenated alkanes) is 2. The molecule has 1 saturated heterocycles. The predicted octanol–water partition coefficient (Wildman–Crippen LogP) is 13.4. The van der Waals surface area contributed by atoms with Crippen LogP contribution in [-0.4, -0.2) is 50.2 Å². The molecular weight excluding hydrogens is 618 g/mol. The largest absolute Gasteiger partial charge is 0.466 e. The first-order chi connectivity index (χ1) is 24.5. The van der Waals surface area contributed by atoms with Crippen molar-refractivity contribution in [2.24, 2.45) is 17.8 Å². The van der Waals surface area contributed by atoms with Crippen LogP contribution in [0.25, 0.3) is 0 Å². The second kappa shape index (κ2) is 35.0. The second-order valence-corrected chi connectivity index (χ2v) is 16.3. The Morgan fingerprint density at radius 2 is 0.820 bits per heavy atom. The van der Waals surface area contributed by atoms with Crippen LogP contribution in [-0.2, 0) is 19.1 Å². The topological polar surface area (TPSA) is 55.8 Å². The Kier molecular flexibility index (Phi) is 32.8. The summed E-state index contributed by atoms with van der Waals surface area (Å²) < 4.78 is 11.4. The number of ether oxygens (including phenoxy) is 2. The molecule has 0 saturated carbocycles. The third kappa shape index (κ3) is 29.5. The summed E-state index contributed by atoms with van der Waals surface area (Å²) in [5.41, 5.74) is 0. The molecule has 1 aliphatic heterocycles. The Labute approximate surface area is 312 Å². The molecule has 0 aliphatic carbocycles. The van der Waals surface area contributed by atoms with E-state index in [-0.39, 0.29) is 11.9 Å². The molecule has 5 nitrogen and oxygen atoms in total. The van der Waals surface area contributed by atoms with Gasteiger partial charge in [0.05, 0.1) is 13.2 Å². The summed E-state index contributed by atoms with van der Waals surface area (Å²) in [6.45, 7) is 10.4. The maximum absolute atomic E-state index is 12.4. The normalized spacial score (nSPS) is 24.8. The second-order valence-electron chi connectivity index (χ2n) is 16.3. The van der Waals surface area contributed by atoms with Gasteiger partial charge in [0.25, 0.3) is 0 Å². The van der Waals surface area contributed by atoms with Crippen molar-refractivity contribution in [3.8, 4) is 0 Å². The van der Waals surface area contributed by atoms with E-state index >= 15 is 0 Å². The van der Waals surface area contributed by atoms with Gasteiger partial charge in [0.1, 0.15) is 0 Å². The highest BCUT2D eigenvalue weighted by Gasteiger charge is 2.14. The number of cyclic esters (lactones) is 2. The number of hydrogen-bond donors (Lipinski definition) is 0. The number of rotatable bonds is 9. The van der Waals surface area contributed by atoms with Gasteiger partial charge in [-0.2, -0.15) is 0 Å². The minimum atomic E-state index is 0.0162. The molecule has 50 heavy (non-hydrogen) atoms. The first-order valence-electron chi connectivity index (χ1n) is 22.5. The minimum absolute atomic E-state index is 0.0162. The maximum atomic E-state index is 12.4. The fourth-order valence-electron chi connectivity index (χ4n) is 7.96. The lowest BCUT2D eigenvalue weighted by molar-refractivity contribution is -0.145. The molecule has 0 N–H and O–H groups in total. The fraction of sp³-hybridized carbons (Fsp3) is 0.956. The molecule has 296 valence electrons. The van der Waals surface area contributed by atoms with Crippen LogP contribution in [0, 0.1) is 17.8 Å². The van der Waals surface area contributed by atoms with Crippen molar-refractivity contribution in [3.63, 3.8) is 0 Å². The smallest absolute Gasteiger partial charge is 0.305 e. The Morgan fingerprint density at radius 3 is 1.18 bits per heavy atom. The molecule has 0 spiro atoms. The molecule has 0 bridgehead atoms. The van der Waals surface area contributed by atoms with Gasteiger partial charge in [-0.25, -0.2) is 0 Å². The first kappa shape index (κ1) is 46.9. The number of hydrogen-bond acceptors (Lipinski definition) is 5. The van der Waals surface area contributed by atoms with Gasteiger partial charge in [0.15, 0.2) is 0 Å². The highest BCUT2D eigenvalue weighted by Crippen LogP contribution is 2.25. The van der Waals surface area contributed by atoms with E-state index in [9.17, 15) is 9.59 Å². The van der Waals surface area contributed by atoms with Crippen LogP contribution >= 0.6 is 0 Å². The average Bonchev–Trinajstić information content (AvgIpc) is 3.11. The van der Waals surface area contributed by atoms with E-state index in [1.54, 1.807) is 0 Å². The van der Waals surface area contributed by atoms with E-state index < -0.39 is 0 Å². The zero-order chi connectivity index (χ0) is 36.3. The highest BCUT2D eigenvalue weighted by atomic mass is 16.5. The van der Waals surface area contributed by atoms with Crippen molar-refractivity contribution in [2.45, 2.75) is 226 Å². The average molecular weight is 706 g/mol. The van der Waals surface area contributed by atoms with Gasteiger partial charge in [-0.1, -0.05) is 175 Å². The van der Waals surface area contributed by atoms with E-state index in [4.69, 9.17) is 9.47 Å². The van der Waals surface area contributed by atoms with E-state index in [2.05, 4.69) is 32.7 Å². The molecule has 0 aromatic rings. The first-order valence-corrected chi connectivity index (χ1v) is 22.5. The van der Waals surface area contributed by atoms with Gasteiger partial charge >= 0.3 is 11.9 Å². The minimum Gasteiger partial charge on any atom is -0.466 e. The Balaban J connectivity index is 2.56. The van der Waals surface area contributed by atoms with Crippen LogP contribution in [0.15, 0.2) is 0 Å². The molecule has 0 radical (unpaired) electrons. The van der Waals surface area contributed by atoms with Crippen LogP contribution in [0.4, 0.5) is 0 Å². The molecular formula is C45H87NO4.